The van der Waals surface area contributed by atoms with Gasteiger partial charge >= 0.3 is 0 Å². The highest BCUT2D eigenvalue weighted by atomic mass is 127. The molecule has 2 unspecified atom stereocenters. The first-order valence-corrected chi connectivity index (χ1v) is 11.1. The van der Waals surface area contributed by atoms with E-state index in [4.69, 9.17) is 4.99 Å². The van der Waals surface area contributed by atoms with Gasteiger partial charge in [-0.25, -0.2) is 8.42 Å². The van der Waals surface area contributed by atoms with Gasteiger partial charge in [0, 0.05) is 25.7 Å². The fourth-order valence-corrected chi connectivity index (χ4v) is 5.95. The van der Waals surface area contributed by atoms with Crippen LogP contribution >= 0.6 is 24.0 Å². The van der Waals surface area contributed by atoms with Gasteiger partial charge in [0.15, 0.2) is 15.8 Å². The van der Waals surface area contributed by atoms with Crippen LogP contribution in [0, 0.1) is 11.8 Å². The molecule has 2 atom stereocenters. The number of aliphatic imine (C=N–C) groups is 1. The molecule has 1 aliphatic carbocycles. The van der Waals surface area contributed by atoms with Crippen molar-refractivity contribution < 1.29 is 8.42 Å². The van der Waals surface area contributed by atoms with E-state index < -0.39 is 9.84 Å². The molecule has 0 aromatic heterocycles. The smallest absolute Gasteiger partial charge is 0.194 e. The van der Waals surface area contributed by atoms with Gasteiger partial charge in [-0.05, 0) is 43.9 Å². The summed E-state index contributed by atoms with van der Waals surface area (Å²) in [4.78, 5) is 7.26. The number of guanidine groups is 1. The second-order valence-electron chi connectivity index (χ2n) is 7.75. The van der Waals surface area contributed by atoms with Crippen molar-refractivity contribution in [3.8, 4) is 0 Å². The lowest BCUT2D eigenvalue weighted by Crippen LogP contribution is -2.49. The predicted molar refractivity (Wildman–Crippen MR) is 110 cm³/mol. The minimum Gasteiger partial charge on any atom is -0.354 e. The Labute approximate surface area is 164 Å². The Morgan fingerprint density at radius 1 is 1.17 bits per heavy atom. The zero-order chi connectivity index (χ0) is 16.3. The van der Waals surface area contributed by atoms with Crippen LogP contribution in [0.4, 0.5) is 0 Å². The Kier molecular flexibility index (Phi) is 7.64. The van der Waals surface area contributed by atoms with Gasteiger partial charge < -0.3 is 10.2 Å². The van der Waals surface area contributed by atoms with Crippen molar-refractivity contribution in [3.63, 3.8) is 0 Å². The summed E-state index contributed by atoms with van der Waals surface area (Å²) in [6.45, 7) is 5.11. The molecule has 5 nitrogen and oxygen atoms in total. The van der Waals surface area contributed by atoms with Gasteiger partial charge in [0.1, 0.15) is 0 Å². The van der Waals surface area contributed by atoms with E-state index in [0.717, 1.165) is 25.5 Å². The molecule has 0 amide bonds. The van der Waals surface area contributed by atoms with Crippen LogP contribution in [0.15, 0.2) is 4.99 Å². The van der Waals surface area contributed by atoms with Gasteiger partial charge in [-0.3, -0.25) is 4.99 Å². The molecule has 2 saturated heterocycles. The van der Waals surface area contributed by atoms with Crippen molar-refractivity contribution in [1.29, 1.82) is 0 Å². The van der Waals surface area contributed by atoms with E-state index >= 15 is 0 Å². The molecule has 3 fully saturated rings. The molecule has 0 aromatic carbocycles. The first-order valence-electron chi connectivity index (χ1n) is 9.28. The molecule has 2 aliphatic heterocycles. The van der Waals surface area contributed by atoms with Crippen LogP contribution in [-0.2, 0) is 9.84 Å². The first kappa shape index (κ1) is 20.3. The van der Waals surface area contributed by atoms with Gasteiger partial charge in [-0.15, -0.1) is 24.0 Å². The second kappa shape index (κ2) is 9.05. The molecule has 3 rings (SSSR count). The third-order valence-electron chi connectivity index (χ3n) is 5.47. The zero-order valence-electron chi connectivity index (χ0n) is 14.7. The normalized spacial score (nSPS) is 31.0. The summed E-state index contributed by atoms with van der Waals surface area (Å²) >= 11 is 0. The van der Waals surface area contributed by atoms with E-state index in [-0.39, 0.29) is 29.9 Å². The van der Waals surface area contributed by atoms with Crippen molar-refractivity contribution in [1.82, 2.24) is 10.2 Å². The molecule has 3 aliphatic rings. The lowest BCUT2D eigenvalue weighted by atomic mass is 10.0. The molecule has 1 N–H and O–H groups in total. The number of likely N-dealkylation sites (tertiary alicyclic amines) is 1. The highest BCUT2D eigenvalue weighted by Crippen LogP contribution is 2.21. The molecule has 7 heteroatoms. The summed E-state index contributed by atoms with van der Waals surface area (Å²) in [7, 11) is -2.80. The highest BCUT2D eigenvalue weighted by Gasteiger charge is 2.28. The van der Waals surface area contributed by atoms with Crippen LogP contribution in [0.1, 0.15) is 51.9 Å². The summed E-state index contributed by atoms with van der Waals surface area (Å²) in [6.07, 6.45) is 8.39. The average Bonchev–Trinajstić information content (AvgIpc) is 3.12. The number of halogens is 1. The van der Waals surface area contributed by atoms with Gasteiger partial charge in [-0.2, -0.15) is 0 Å². The third-order valence-corrected chi connectivity index (χ3v) is 7.31. The summed E-state index contributed by atoms with van der Waals surface area (Å²) in [5.41, 5.74) is 0. The van der Waals surface area contributed by atoms with Crippen LogP contribution < -0.4 is 5.32 Å². The molecule has 24 heavy (non-hydrogen) atoms. The Hall–Kier alpha value is -0.0500. The SMILES string of the molecule is CC1CCCN(C(=NCC2CCS(=O)(=O)C2)NC2CCCC2)C1.I. The van der Waals surface area contributed by atoms with Gasteiger partial charge in [-0.1, -0.05) is 19.8 Å². The van der Waals surface area contributed by atoms with E-state index in [1.807, 2.05) is 0 Å². The Morgan fingerprint density at radius 2 is 1.92 bits per heavy atom. The van der Waals surface area contributed by atoms with Crippen LogP contribution in [0.5, 0.6) is 0 Å². The Bertz CT molecular complexity index is 532. The molecule has 0 aromatic rings. The third kappa shape index (κ3) is 5.75. The molecular weight excluding hydrogens is 437 g/mol. The van der Waals surface area contributed by atoms with E-state index in [1.54, 1.807) is 0 Å². The second-order valence-corrected chi connectivity index (χ2v) is 9.98. The maximum absolute atomic E-state index is 11.6. The largest absolute Gasteiger partial charge is 0.354 e. The Morgan fingerprint density at radius 3 is 2.54 bits per heavy atom. The van der Waals surface area contributed by atoms with Crippen LogP contribution in [0.3, 0.4) is 0 Å². The van der Waals surface area contributed by atoms with Crippen molar-refractivity contribution in [3.05, 3.63) is 0 Å². The van der Waals surface area contributed by atoms with Crippen molar-refractivity contribution in [2.24, 2.45) is 16.8 Å². The highest BCUT2D eigenvalue weighted by molar-refractivity contribution is 14.0. The van der Waals surface area contributed by atoms with Crippen LogP contribution in [0.2, 0.25) is 0 Å². The molecule has 0 spiro atoms. The minimum absolute atomic E-state index is 0. The van der Waals surface area contributed by atoms with Gasteiger partial charge in [0.2, 0.25) is 0 Å². The van der Waals surface area contributed by atoms with Crippen molar-refractivity contribution >= 4 is 39.8 Å². The summed E-state index contributed by atoms with van der Waals surface area (Å²) in [5, 5.41) is 3.68. The number of hydrogen-bond donors (Lipinski definition) is 1. The number of rotatable bonds is 3. The number of hydrogen-bond acceptors (Lipinski definition) is 3. The standard InChI is InChI=1S/C17H31N3O2S.HI/c1-14-5-4-9-20(12-14)17(19-16-6-2-3-7-16)18-11-15-8-10-23(21,22)13-15;/h14-16H,2-13H2,1H3,(H,18,19);1H. The molecule has 140 valence electrons. The maximum Gasteiger partial charge on any atom is 0.194 e. The summed E-state index contributed by atoms with van der Waals surface area (Å²) in [6, 6.07) is 0.554. The van der Waals surface area contributed by atoms with Crippen LogP contribution in [-0.4, -0.2) is 56.5 Å². The topological polar surface area (TPSA) is 61.8 Å². The summed E-state index contributed by atoms with van der Waals surface area (Å²) in [5.74, 6) is 2.63. The molecule has 0 bridgehead atoms. The summed E-state index contributed by atoms with van der Waals surface area (Å²) < 4.78 is 23.3. The van der Waals surface area contributed by atoms with Gasteiger partial charge in [0.25, 0.3) is 0 Å². The van der Waals surface area contributed by atoms with Crippen molar-refractivity contribution in [2.45, 2.75) is 57.9 Å². The number of nitrogens with one attached hydrogen (secondary N) is 1. The lowest BCUT2D eigenvalue weighted by molar-refractivity contribution is 0.263. The Balaban J connectivity index is 0.00000208. The van der Waals surface area contributed by atoms with Gasteiger partial charge in [0.05, 0.1) is 11.5 Å². The number of sulfone groups is 1. The number of piperidine rings is 1. The van der Waals surface area contributed by atoms with E-state index in [2.05, 4.69) is 17.1 Å². The van der Waals surface area contributed by atoms with E-state index in [9.17, 15) is 8.42 Å². The lowest BCUT2D eigenvalue weighted by Gasteiger charge is -2.35. The average molecular weight is 469 g/mol. The molecule has 2 heterocycles. The maximum atomic E-state index is 11.6. The van der Waals surface area contributed by atoms with Crippen molar-refractivity contribution in [2.75, 3.05) is 31.1 Å². The van der Waals surface area contributed by atoms with E-state index in [1.165, 1.54) is 38.5 Å². The molecule has 0 radical (unpaired) electrons. The first-order chi connectivity index (χ1) is 11.0. The fraction of sp³-hybridized carbons (Fsp3) is 0.941. The fourth-order valence-electron chi connectivity index (χ4n) is 4.10. The van der Waals surface area contributed by atoms with E-state index in [0.29, 0.717) is 30.0 Å². The minimum atomic E-state index is -2.80. The van der Waals surface area contributed by atoms with Crippen LogP contribution in [0.25, 0.3) is 0 Å². The molecule has 1 saturated carbocycles. The quantitative estimate of drug-likeness (QED) is 0.392. The zero-order valence-corrected chi connectivity index (χ0v) is 17.9. The predicted octanol–water partition coefficient (Wildman–Crippen LogP) is 2.66. The number of nitrogens with zero attached hydrogens (tertiary/aromatic N) is 2. The monoisotopic (exact) mass is 469 g/mol. The molecular formula is C17H32IN3O2S.